The summed E-state index contributed by atoms with van der Waals surface area (Å²) in [6.45, 7) is 3.78. The van der Waals surface area contributed by atoms with Gasteiger partial charge in [0.25, 0.3) is 0 Å². The molecule has 4 heterocycles. The first-order chi connectivity index (χ1) is 26.2. The predicted molar refractivity (Wildman–Crippen MR) is 208 cm³/mol. The third kappa shape index (κ3) is 8.54. The van der Waals surface area contributed by atoms with E-state index in [1.54, 1.807) is 23.9 Å². The standard InChI is InChI=1S/C38H35ClN10O3S2/c1-24(35(52)43-31-13-7-4-8-14-31)54-38-46-48(36(49(38)25(2)50)28-19-29(39)22-40-20-28)17-16-47-34(27-18-26-10-9-15-32(26)41-21-27)44-45-37(47)53-23-33(51)42-30-11-5-3-6-12-30/h3-8,11-14,18-22,24H,9-10,15-17,23H2,1-2H3,(H-,42,43,51,52)/p+1. The van der Waals surface area contributed by atoms with Crippen molar-refractivity contribution < 1.29 is 19.1 Å². The van der Waals surface area contributed by atoms with Crippen LogP contribution in [0.25, 0.3) is 22.8 Å². The molecule has 2 N–H and O–H groups in total. The Morgan fingerprint density at radius 3 is 2.37 bits per heavy atom. The van der Waals surface area contributed by atoms with Crippen LogP contribution in [0, 0.1) is 0 Å². The highest BCUT2D eigenvalue weighted by Crippen LogP contribution is 2.30. The van der Waals surface area contributed by atoms with Crippen molar-refractivity contribution in [1.82, 2.24) is 34.4 Å². The molecule has 7 rings (SSSR count). The number of halogens is 1. The number of carbonyl (C=O) groups is 3. The molecule has 1 aliphatic carbocycles. The number of aryl methyl sites for hydroxylation is 3. The summed E-state index contributed by atoms with van der Waals surface area (Å²) in [7, 11) is 0. The lowest BCUT2D eigenvalue weighted by molar-refractivity contribution is -0.744. The maximum Gasteiger partial charge on any atom is 0.321 e. The minimum atomic E-state index is -0.605. The second-order valence-electron chi connectivity index (χ2n) is 12.5. The summed E-state index contributed by atoms with van der Waals surface area (Å²) in [5.41, 5.74) is 5.04. The average molecular weight is 780 g/mol. The van der Waals surface area contributed by atoms with Crippen LogP contribution in [0.1, 0.15) is 36.3 Å². The van der Waals surface area contributed by atoms with Gasteiger partial charge in [0.05, 0.1) is 28.1 Å². The van der Waals surface area contributed by atoms with Gasteiger partial charge in [-0.25, -0.2) is 4.79 Å². The molecule has 1 aliphatic rings. The number of hydrogen-bond donors (Lipinski definition) is 2. The third-order valence-corrected chi connectivity index (χ3v) is 10.9. The number of rotatable bonds is 13. The number of para-hydroxylation sites is 2. The zero-order valence-electron chi connectivity index (χ0n) is 29.5. The molecule has 4 aromatic heterocycles. The molecule has 16 heteroatoms. The van der Waals surface area contributed by atoms with E-state index >= 15 is 0 Å². The summed E-state index contributed by atoms with van der Waals surface area (Å²) in [6.07, 6.45) is 7.90. The van der Waals surface area contributed by atoms with Crippen molar-refractivity contribution in [3.8, 4) is 22.8 Å². The molecule has 0 saturated carbocycles. The van der Waals surface area contributed by atoms with Crippen molar-refractivity contribution in [3.05, 3.63) is 108 Å². The van der Waals surface area contributed by atoms with Crippen LogP contribution in [0.3, 0.4) is 0 Å². The molecule has 0 bridgehead atoms. The smallest absolute Gasteiger partial charge is 0.321 e. The highest BCUT2D eigenvalue weighted by molar-refractivity contribution is 8.00. The van der Waals surface area contributed by atoms with E-state index in [1.807, 2.05) is 71.4 Å². The predicted octanol–water partition coefficient (Wildman–Crippen LogP) is 6.24. The fourth-order valence-electron chi connectivity index (χ4n) is 6.11. The molecule has 13 nitrogen and oxygen atoms in total. The van der Waals surface area contributed by atoms with Crippen molar-refractivity contribution >= 4 is 64.2 Å². The molecule has 274 valence electrons. The summed E-state index contributed by atoms with van der Waals surface area (Å²) in [6, 6.07) is 22.3. The summed E-state index contributed by atoms with van der Waals surface area (Å²) in [4.78, 5) is 48.6. The van der Waals surface area contributed by atoms with Crippen LogP contribution in [0.2, 0.25) is 5.02 Å². The normalized spacial score (nSPS) is 12.6. The number of pyridine rings is 2. The number of fused-ring (bicyclic) bond motifs is 1. The molecule has 1 unspecified atom stereocenters. The summed E-state index contributed by atoms with van der Waals surface area (Å²) < 4.78 is 5.13. The molecule has 6 aromatic rings. The van der Waals surface area contributed by atoms with Crippen molar-refractivity contribution in [1.29, 1.82) is 0 Å². The molecule has 0 aliphatic heterocycles. The van der Waals surface area contributed by atoms with E-state index in [2.05, 4.69) is 31.9 Å². The van der Waals surface area contributed by atoms with E-state index in [9.17, 15) is 14.4 Å². The van der Waals surface area contributed by atoms with E-state index in [4.69, 9.17) is 21.7 Å². The zero-order chi connectivity index (χ0) is 37.6. The lowest BCUT2D eigenvalue weighted by Crippen LogP contribution is -2.41. The molecule has 0 radical (unpaired) electrons. The van der Waals surface area contributed by atoms with Crippen molar-refractivity contribution in [2.45, 2.75) is 61.8 Å². The minimum absolute atomic E-state index is 0.102. The van der Waals surface area contributed by atoms with Gasteiger partial charge in [-0.15, -0.1) is 19.4 Å². The Bertz CT molecular complexity index is 2320. The van der Waals surface area contributed by atoms with Gasteiger partial charge < -0.3 is 10.6 Å². The fraction of sp³-hybridized carbons (Fsp3) is 0.237. The fourth-order valence-corrected chi connectivity index (χ4v) is 8.00. The van der Waals surface area contributed by atoms with Gasteiger partial charge in [0.15, 0.2) is 11.0 Å². The van der Waals surface area contributed by atoms with E-state index in [0.717, 1.165) is 30.5 Å². The lowest BCUT2D eigenvalue weighted by atomic mass is 10.1. The van der Waals surface area contributed by atoms with E-state index < -0.39 is 5.25 Å². The molecule has 0 fully saturated rings. The van der Waals surface area contributed by atoms with Crippen LogP contribution in [0.4, 0.5) is 11.4 Å². The Kier molecular flexibility index (Phi) is 11.5. The SMILES string of the molecule is CC(=O)n1c(SC(C)C(=O)Nc2ccccc2)n[n+](CCn2c(SCC(=O)Nc3ccccc3)nnc2-c2cnc3c(c2)CCC3)c1-c1cncc(Cl)c1. The van der Waals surface area contributed by atoms with Gasteiger partial charge in [-0.3, -0.25) is 24.1 Å². The summed E-state index contributed by atoms with van der Waals surface area (Å²) in [5, 5.41) is 20.5. The number of nitrogens with one attached hydrogen (secondary N) is 2. The Labute approximate surface area is 325 Å². The minimum Gasteiger partial charge on any atom is -0.325 e. The molecule has 2 aromatic carbocycles. The van der Waals surface area contributed by atoms with Crippen LogP contribution in [-0.4, -0.2) is 63.1 Å². The first kappa shape index (κ1) is 37.0. The monoisotopic (exact) mass is 779 g/mol. The van der Waals surface area contributed by atoms with Crippen LogP contribution in [-0.2, 0) is 35.5 Å². The first-order valence-corrected chi connectivity index (χ1v) is 19.5. The Morgan fingerprint density at radius 1 is 0.907 bits per heavy atom. The highest BCUT2D eigenvalue weighted by Gasteiger charge is 2.33. The maximum atomic E-state index is 13.4. The molecular weight excluding hydrogens is 744 g/mol. The molecular formula is C38H36ClN10O3S2+. The average Bonchev–Trinajstić information content (AvgIpc) is 3.90. The quantitative estimate of drug-likeness (QED) is 0.102. The van der Waals surface area contributed by atoms with E-state index in [-0.39, 0.29) is 30.0 Å². The van der Waals surface area contributed by atoms with Crippen molar-refractivity contribution in [2.75, 3.05) is 16.4 Å². The van der Waals surface area contributed by atoms with Gasteiger partial charge in [-0.1, -0.05) is 59.8 Å². The summed E-state index contributed by atoms with van der Waals surface area (Å²) >= 11 is 8.84. The van der Waals surface area contributed by atoms with E-state index in [1.165, 1.54) is 46.8 Å². The van der Waals surface area contributed by atoms with Crippen LogP contribution in [0.5, 0.6) is 0 Å². The van der Waals surface area contributed by atoms with Gasteiger partial charge in [0.1, 0.15) is 6.54 Å². The van der Waals surface area contributed by atoms with Crippen molar-refractivity contribution in [2.24, 2.45) is 0 Å². The van der Waals surface area contributed by atoms with Gasteiger partial charge in [0.2, 0.25) is 11.8 Å². The number of anilines is 2. The summed E-state index contributed by atoms with van der Waals surface area (Å²) in [5.74, 6) is 0.424. The van der Waals surface area contributed by atoms with Crippen LogP contribution >= 0.6 is 35.1 Å². The molecule has 1 atom stereocenters. The molecule has 54 heavy (non-hydrogen) atoms. The largest absolute Gasteiger partial charge is 0.325 e. The molecule has 0 saturated heterocycles. The number of hydrogen-bond acceptors (Lipinski definition) is 10. The third-order valence-electron chi connectivity index (χ3n) is 8.64. The van der Waals surface area contributed by atoms with E-state index in [0.29, 0.717) is 50.5 Å². The van der Waals surface area contributed by atoms with Crippen LogP contribution < -0.4 is 15.3 Å². The number of aromatic nitrogens is 8. The Balaban J connectivity index is 1.22. The van der Waals surface area contributed by atoms with Gasteiger partial charge in [-0.2, -0.15) is 0 Å². The number of benzene rings is 2. The first-order valence-electron chi connectivity index (χ1n) is 17.3. The highest BCUT2D eigenvalue weighted by atomic mass is 35.5. The van der Waals surface area contributed by atoms with Gasteiger partial charge in [0, 0.05) is 48.1 Å². The number of nitrogens with zero attached hydrogens (tertiary/aromatic N) is 8. The van der Waals surface area contributed by atoms with Gasteiger partial charge in [-0.05, 0) is 85.0 Å². The van der Waals surface area contributed by atoms with Crippen molar-refractivity contribution in [3.63, 3.8) is 0 Å². The number of carbonyl (C=O) groups excluding carboxylic acids is 3. The number of amides is 2. The zero-order valence-corrected chi connectivity index (χ0v) is 31.9. The van der Waals surface area contributed by atoms with Crippen LogP contribution in [0.15, 0.2) is 102 Å². The second kappa shape index (κ2) is 16.7. The Hall–Kier alpha value is -5.38. The molecule has 2 amide bonds. The molecule has 0 spiro atoms. The number of thioether (sulfide) groups is 2. The topological polar surface area (TPSA) is 153 Å². The maximum absolute atomic E-state index is 13.4. The second-order valence-corrected chi connectivity index (χ2v) is 15.2. The lowest BCUT2D eigenvalue weighted by Gasteiger charge is -2.10. The Morgan fingerprint density at radius 2 is 1.65 bits per heavy atom. The van der Waals surface area contributed by atoms with Gasteiger partial charge >= 0.3 is 16.9 Å².